The van der Waals surface area contributed by atoms with E-state index in [1.807, 2.05) is 6.26 Å². The fourth-order valence-corrected chi connectivity index (χ4v) is 4.17. The summed E-state index contributed by atoms with van der Waals surface area (Å²) in [5, 5.41) is 21.6. The molecule has 2 aliphatic rings. The highest BCUT2D eigenvalue weighted by Crippen LogP contribution is 2.51. The highest BCUT2D eigenvalue weighted by Gasteiger charge is 2.60. The number of hydrogen-bond donors (Lipinski definition) is 2. The predicted molar refractivity (Wildman–Crippen MR) is 84.3 cm³/mol. The van der Waals surface area contributed by atoms with E-state index in [0.717, 1.165) is 30.6 Å². The van der Waals surface area contributed by atoms with E-state index in [4.69, 9.17) is 0 Å². The summed E-state index contributed by atoms with van der Waals surface area (Å²) in [5.74, 6) is -1.89. The van der Waals surface area contributed by atoms with Crippen LogP contribution in [0.4, 0.5) is 5.69 Å². The summed E-state index contributed by atoms with van der Waals surface area (Å²) < 4.78 is 0. The first-order valence-corrected chi connectivity index (χ1v) is 8.80. The van der Waals surface area contributed by atoms with Crippen LogP contribution in [0, 0.1) is 5.92 Å². The minimum absolute atomic E-state index is 0.226. The Balaban J connectivity index is 2.23. The van der Waals surface area contributed by atoms with Crippen molar-refractivity contribution in [1.82, 2.24) is 9.97 Å². The third-order valence-corrected chi connectivity index (χ3v) is 5.36. The molecule has 0 saturated heterocycles. The number of nitrogens with zero attached hydrogens (tertiary/aromatic N) is 3. The fraction of sp³-hybridized carbons (Fsp3) is 0.600. The maximum Gasteiger partial charge on any atom is 0.330 e. The van der Waals surface area contributed by atoms with Crippen molar-refractivity contribution in [2.45, 2.75) is 49.4 Å². The molecule has 2 unspecified atom stereocenters. The Kier molecular flexibility index (Phi) is 4.05. The fourth-order valence-electron chi connectivity index (χ4n) is 3.83. The van der Waals surface area contributed by atoms with Crippen LogP contribution in [0.3, 0.4) is 0 Å². The molecular formula is C15H19N3O4S. The average Bonchev–Trinajstić information content (AvgIpc) is 3.12. The summed E-state index contributed by atoms with van der Waals surface area (Å²) in [5.41, 5.74) is -1.10. The van der Waals surface area contributed by atoms with Gasteiger partial charge in [0.1, 0.15) is 11.3 Å². The van der Waals surface area contributed by atoms with Gasteiger partial charge in [0.15, 0.2) is 11.2 Å². The molecule has 1 saturated carbocycles. The first-order valence-electron chi connectivity index (χ1n) is 7.57. The normalized spacial score (nSPS) is 27.3. The number of carbonyl (C=O) groups excluding carboxylic acids is 1. The molecule has 0 aromatic carbocycles. The van der Waals surface area contributed by atoms with Crippen LogP contribution in [0.25, 0.3) is 0 Å². The van der Waals surface area contributed by atoms with Crippen LogP contribution in [-0.4, -0.2) is 44.4 Å². The number of amides is 1. The Morgan fingerprint density at radius 1 is 1.39 bits per heavy atom. The molecule has 1 fully saturated rings. The highest BCUT2D eigenvalue weighted by molar-refractivity contribution is 7.98. The second-order valence-corrected chi connectivity index (χ2v) is 6.80. The van der Waals surface area contributed by atoms with Crippen molar-refractivity contribution in [2.75, 3.05) is 11.2 Å². The average molecular weight is 337 g/mol. The molecule has 3 rings (SSSR count). The molecule has 1 aromatic rings. The lowest BCUT2D eigenvalue weighted by molar-refractivity contribution is -0.150. The van der Waals surface area contributed by atoms with E-state index in [2.05, 4.69) is 9.97 Å². The minimum Gasteiger partial charge on any atom is -0.480 e. The van der Waals surface area contributed by atoms with Crippen LogP contribution < -0.4 is 4.90 Å². The SMILES string of the molecule is CSc1ncc2c(n1)C(O)(C1CCCC1)C(C(=O)O)N2C(C)=O. The Bertz CT molecular complexity index is 662. The number of hydrogen-bond acceptors (Lipinski definition) is 6. The summed E-state index contributed by atoms with van der Waals surface area (Å²) in [6, 6.07) is -1.36. The standard InChI is InChI=1S/C15H19N3O4S/c1-8(19)18-10-7-16-14(23-2)17-11(10)15(22,12(18)13(20)21)9-5-3-4-6-9/h7,9,12,22H,3-6H2,1-2H3,(H,20,21). The van der Waals surface area contributed by atoms with E-state index in [-0.39, 0.29) is 11.6 Å². The van der Waals surface area contributed by atoms with Gasteiger partial charge in [-0.3, -0.25) is 9.69 Å². The van der Waals surface area contributed by atoms with E-state index in [9.17, 15) is 19.8 Å². The van der Waals surface area contributed by atoms with Gasteiger partial charge in [-0.05, 0) is 25.0 Å². The molecule has 7 nitrogen and oxygen atoms in total. The van der Waals surface area contributed by atoms with Crippen molar-refractivity contribution in [3.8, 4) is 0 Å². The van der Waals surface area contributed by atoms with Crippen molar-refractivity contribution >= 4 is 29.3 Å². The second kappa shape index (κ2) is 5.76. The van der Waals surface area contributed by atoms with Crippen molar-refractivity contribution in [3.63, 3.8) is 0 Å². The van der Waals surface area contributed by atoms with Gasteiger partial charge in [0.05, 0.1) is 11.9 Å². The van der Waals surface area contributed by atoms with Crippen LogP contribution in [0.2, 0.25) is 0 Å². The lowest BCUT2D eigenvalue weighted by Gasteiger charge is -2.35. The van der Waals surface area contributed by atoms with E-state index in [1.165, 1.54) is 24.9 Å². The molecule has 124 valence electrons. The molecular weight excluding hydrogens is 318 g/mol. The van der Waals surface area contributed by atoms with Crippen molar-refractivity contribution in [1.29, 1.82) is 0 Å². The van der Waals surface area contributed by atoms with Crippen molar-refractivity contribution in [3.05, 3.63) is 11.9 Å². The molecule has 0 spiro atoms. The molecule has 1 amide bonds. The van der Waals surface area contributed by atoms with Crippen LogP contribution >= 0.6 is 11.8 Å². The van der Waals surface area contributed by atoms with E-state index < -0.39 is 23.5 Å². The van der Waals surface area contributed by atoms with E-state index in [0.29, 0.717) is 10.8 Å². The van der Waals surface area contributed by atoms with Crippen molar-refractivity contribution < 1.29 is 19.8 Å². The van der Waals surface area contributed by atoms with E-state index >= 15 is 0 Å². The lowest BCUT2D eigenvalue weighted by Crippen LogP contribution is -2.55. The molecule has 8 heteroatoms. The number of thioether (sulfide) groups is 1. The summed E-state index contributed by atoms with van der Waals surface area (Å²) in [6.07, 6.45) is 6.58. The minimum atomic E-state index is -1.67. The molecule has 2 atom stereocenters. The largest absolute Gasteiger partial charge is 0.480 e. The lowest BCUT2D eigenvalue weighted by atomic mass is 9.79. The maximum atomic E-state index is 12.1. The summed E-state index contributed by atoms with van der Waals surface area (Å²) in [7, 11) is 0. The van der Waals surface area contributed by atoms with Gasteiger partial charge in [-0.15, -0.1) is 0 Å². The van der Waals surface area contributed by atoms with Gasteiger partial charge >= 0.3 is 5.97 Å². The summed E-state index contributed by atoms with van der Waals surface area (Å²) in [6.45, 7) is 1.29. The highest BCUT2D eigenvalue weighted by atomic mass is 32.2. The zero-order valence-electron chi connectivity index (χ0n) is 13.0. The second-order valence-electron chi connectivity index (χ2n) is 6.03. The summed E-state index contributed by atoms with van der Waals surface area (Å²) >= 11 is 1.31. The number of carboxylic acid groups (broad SMARTS) is 1. The molecule has 2 heterocycles. The Hall–Kier alpha value is -1.67. The van der Waals surface area contributed by atoms with Crippen LogP contribution in [0.15, 0.2) is 11.4 Å². The predicted octanol–water partition coefficient (Wildman–Crippen LogP) is 1.40. The monoisotopic (exact) mass is 337 g/mol. The number of anilines is 1. The van der Waals surface area contributed by atoms with Gasteiger partial charge in [0.25, 0.3) is 0 Å². The molecule has 0 bridgehead atoms. The van der Waals surface area contributed by atoms with Gasteiger partial charge in [-0.25, -0.2) is 14.8 Å². The molecule has 1 aromatic heterocycles. The van der Waals surface area contributed by atoms with Crippen LogP contribution in [0.5, 0.6) is 0 Å². The van der Waals surface area contributed by atoms with Crippen molar-refractivity contribution in [2.24, 2.45) is 5.92 Å². The number of aliphatic carboxylic acids is 1. The molecule has 1 aliphatic heterocycles. The molecule has 23 heavy (non-hydrogen) atoms. The molecule has 1 aliphatic carbocycles. The number of carboxylic acids is 1. The van der Waals surface area contributed by atoms with Gasteiger partial charge in [-0.2, -0.15) is 0 Å². The van der Waals surface area contributed by atoms with Crippen LogP contribution in [0.1, 0.15) is 38.3 Å². The Labute approximate surface area is 138 Å². The molecule has 0 radical (unpaired) electrons. The third-order valence-electron chi connectivity index (χ3n) is 4.79. The molecule has 2 N–H and O–H groups in total. The Morgan fingerprint density at radius 2 is 2.04 bits per heavy atom. The number of aliphatic hydroxyl groups is 1. The van der Waals surface area contributed by atoms with E-state index in [1.54, 1.807) is 0 Å². The zero-order valence-corrected chi connectivity index (χ0v) is 13.8. The Morgan fingerprint density at radius 3 is 2.57 bits per heavy atom. The van der Waals surface area contributed by atoms with Gasteiger partial charge in [0, 0.05) is 6.92 Å². The van der Waals surface area contributed by atoms with Crippen LogP contribution in [-0.2, 0) is 15.2 Å². The van der Waals surface area contributed by atoms with Gasteiger partial charge in [-0.1, -0.05) is 24.6 Å². The number of fused-ring (bicyclic) bond motifs is 1. The zero-order chi connectivity index (χ0) is 16.8. The topological polar surface area (TPSA) is 104 Å². The number of rotatable bonds is 3. The maximum absolute atomic E-state index is 12.1. The quantitative estimate of drug-likeness (QED) is 0.634. The van der Waals surface area contributed by atoms with Gasteiger partial charge in [0.2, 0.25) is 5.91 Å². The first-order chi connectivity index (χ1) is 10.9. The first kappa shape index (κ1) is 16.2. The smallest absolute Gasteiger partial charge is 0.330 e. The number of aromatic nitrogens is 2. The summed E-state index contributed by atoms with van der Waals surface area (Å²) in [4.78, 5) is 33.6. The number of carbonyl (C=O) groups is 2. The van der Waals surface area contributed by atoms with Gasteiger partial charge < -0.3 is 10.2 Å². The third kappa shape index (κ3) is 2.31.